The van der Waals surface area contributed by atoms with Gasteiger partial charge in [-0.15, -0.1) is 0 Å². The van der Waals surface area contributed by atoms with Crippen LogP contribution in [0, 0.1) is 15.5 Å². The fourth-order valence-electron chi connectivity index (χ4n) is 0.295. The summed E-state index contributed by atoms with van der Waals surface area (Å²) in [6.45, 7) is 0. The number of nitrogens with one attached hydrogen (secondary N) is 1. The Labute approximate surface area is 71.0 Å². The lowest BCUT2D eigenvalue weighted by Crippen LogP contribution is -2.20. The molecule has 70 valence electrons. The Balaban J connectivity index is 0.000000310. The molecule has 0 aromatic rings. The van der Waals surface area contributed by atoms with Crippen LogP contribution in [0.4, 0.5) is 4.79 Å². The van der Waals surface area contributed by atoms with E-state index in [-0.39, 0.29) is 5.96 Å². The van der Waals surface area contributed by atoms with E-state index < -0.39 is 16.9 Å². The quantitative estimate of drug-likeness (QED) is 0.191. The molecule has 0 unspecified atom stereocenters. The van der Waals surface area contributed by atoms with Crippen molar-refractivity contribution >= 4 is 18.0 Å². The fourth-order valence-corrected chi connectivity index (χ4v) is 0.295. The normalized spacial score (nSPS) is 12.9. The average molecular weight is 187 g/mol. The fraction of sp³-hybridized carbons (Fsp3) is 0. The van der Waals surface area contributed by atoms with E-state index in [9.17, 15) is 14.9 Å². The van der Waals surface area contributed by atoms with Gasteiger partial charge in [-0.1, -0.05) is 0 Å². The van der Waals surface area contributed by atoms with Crippen molar-refractivity contribution < 1.29 is 9.72 Å². The zero-order valence-electron chi connectivity index (χ0n) is 6.17. The topological polar surface area (TPSA) is 173 Å². The number of nitrogens with zero attached hydrogens (tertiary/aromatic N) is 4. The lowest BCUT2D eigenvalue weighted by Gasteiger charge is -1.82. The van der Waals surface area contributed by atoms with Gasteiger partial charge in [0.1, 0.15) is 0 Å². The second kappa shape index (κ2) is 4.48. The molecule has 10 nitrogen and oxygen atoms in total. The first-order valence-corrected chi connectivity index (χ1v) is 2.71. The first-order chi connectivity index (χ1) is 5.93. The van der Waals surface area contributed by atoms with Crippen molar-refractivity contribution in [2.75, 3.05) is 0 Å². The Morgan fingerprint density at radius 3 is 2.08 bits per heavy atom. The number of azo groups is 1. The molecule has 2 amide bonds. The molecule has 0 bridgehead atoms. The Kier molecular flexibility index (Phi) is 3.66. The largest absolute Gasteiger partial charge is 0.496 e. The van der Waals surface area contributed by atoms with E-state index in [1.807, 2.05) is 0 Å². The van der Waals surface area contributed by atoms with Crippen LogP contribution >= 0.6 is 0 Å². The van der Waals surface area contributed by atoms with Crippen LogP contribution in [-0.4, -0.2) is 22.9 Å². The summed E-state index contributed by atoms with van der Waals surface area (Å²) in [7, 11) is 0. The number of guanidine groups is 2. The Bertz CT molecular complexity index is 300. The van der Waals surface area contributed by atoms with E-state index in [0.717, 1.165) is 0 Å². The number of rotatable bonds is 0. The SMILES string of the molecule is N=C(N)N.O=C1N=NC([N+](=O)[O-])=N1. The van der Waals surface area contributed by atoms with Crippen LogP contribution < -0.4 is 11.5 Å². The standard InChI is InChI=1S/C2N4O3.CH5N3/c7-2-3-1(4-5-2)6(8)9;2-1(3)4/h;(H5,2,3,4). The van der Waals surface area contributed by atoms with Gasteiger partial charge >= 0.3 is 12.0 Å². The van der Waals surface area contributed by atoms with Crippen LogP contribution in [0.3, 0.4) is 0 Å². The zero-order chi connectivity index (χ0) is 10.4. The molecule has 0 aromatic heterocycles. The highest BCUT2D eigenvalue weighted by Crippen LogP contribution is 1.97. The number of nitrogens with two attached hydrogens (primary N) is 2. The maximum absolute atomic E-state index is 10.0. The van der Waals surface area contributed by atoms with Gasteiger partial charge in [-0.2, -0.15) is 0 Å². The minimum Gasteiger partial charge on any atom is -0.390 e. The Morgan fingerprint density at radius 2 is 1.92 bits per heavy atom. The van der Waals surface area contributed by atoms with Crippen LogP contribution in [0.2, 0.25) is 0 Å². The molecular weight excluding hydrogens is 182 g/mol. The van der Waals surface area contributed by atoms with E-state index in [1.54, 1.807) is 0 Å². The summed E-state index contributed by atoms with van der Waals surface area (Å²) in [6, 6.07) is -0.929. The molecule has 0 aromatic carbocycles. The molecule has 10 heteroatoms. The number of urea groups is 1. The van der Waals surface area contributed by atoms with Crippen molar-refractivity contribution in [3.63, 3.8) is 0 Å². The van der Waals surface area contributed by atoms with Gasteiger partial charge in [-0.25, -0.2) is 4.79 Å². The maximum Gasteiger partial charge on any atom is 0.496 e. The molecule has 13 heavy (non-hydrogen) atoms. The van der Waals surface area contributed by atoms with Gasteiger partial charge in [-0.05, 0) is 4.92 Å². The van der Waals surface area contributed by atoms with Crippen LogP contribution in [0.1, 0.15) is 0 Å². The molecule has 5 N–H and O–H groups in total. The smallest absolute Gasteiger partial charge is 0.390 e. The number of aliphatic imine (C=N–C) groups is 1. The summed E-state index contributed by atoms with van der Waals surface area (Å²) >= 11 is 0. The van der Waals surface area contributed by atoms with Gasteiger partial charge in [0.2, 0.25) is 0 Å². The monoisotopic (exact) mass is 187 g/mol. The van der Waals surface area contributed by atoms with Gasteiger partial charge in [-0.3, -0.25) is 5.41 Å². The first kappa shape index (κ1) is 10.6. The molecule has 0 atom stereocenters. The van der Waals surface area contributed by atoms with Gasteiger partial charge in [0, 0.05) is 10.1 Å². The van der Waals surface area contributed by atoms with Crippen LogP contribution in [-0.2, 0) is 0 Å². The lowest BCUT2D eigenvalue weighted by atomic mass is 11.0. The number of carbonyl (C=O) groups is 1. The van der Waals surface area contributed by atoms with Crippen molar-refractivity contribution in [1.29, 1.82) is 5.41 Å². The minimum absolute atomic E-state index is 0.333. The lowest BCUT2D eigenvalue weighted by molar-refractivity contribution is -0.351. The number of hydrogen-bond acceptors (Lipinski definition) is 5. The highest BCUT2D eigenvalue weighted by molar-refractivity contribution is 5.93. The molecule has 1 aliphatic heterocycles. The third kappa shape index (κ3) is 4.94. The highest BCUT2D eigenvalue weighted by Gasteiger charge is 2.23. The van der Waals surface area contributed by atoms with Crippen molar-refractivity contribution in [3.8, 4) is 0 Å². The average Bonchev–Trinajstić information content (AvgIpc) is 2.34. The third-order valence-electron chi connectivity index (χ3n) is 0.584. The summed E-state index contributed by atoms with van der Waals surface area (Å²) in [5.41, 5.74) is 8.94. The number of nitro groups is 1. The first-order valence-electron chi connectivity index (χ1n) is 2.71. The molecule has 1 heterocycles. The molecule has 0 saturated heterocycles. The molecule has 0 radical (unpaired) electrons. The second-order valence-corrected chi connectivity index (χ2v) is 1.61. The predicted octanol–water partition coefficient (Wildman–Crippen LogP) is -0.957. The van der Waals surface area contributed by atoms with Gasteiger partial charge < -0.3 is 21.6 Å². The molecular formula is C3H5N7O3. The van der Waals surface area contributed by atoms with E-state index in [2.05, 4.69) is 26.7 Å². The van der Waals surface area contributed by atoms with E-state index in [0.29, 0.717) is 0 Å². The summed E-state index contributed by atoms with van der Waals surface area (Å²) in [5, 5.41) is 21.4. The second-order valence-electron chi connectivity index (χ2n) is 1.61. The molecule has 1 rings (SSSR count). The van der Waals surface area contributed by atoms with Gasteiger partial charge in [0.15, 0.2) is 5.96 Å². The number of amides is 2. The van der Waals surface area contributed by atoms with Crippen LogP contribution in [0.25, 0.3) is 0 Å². The van der Waals surface area contributed by atoms with E-state index in [4.69, 9.17) is 5.41 Å². The van der Waals surface area contributed by atoms with Gasteiger partial charge in [0.05, 0.1) is 5.11 Å². The maximum atomic E-state index is 10.0. The van der Waals surface area contributed by atoms with E-state index in [1.165, 1.54) is 0 Å². The molecule has 0 saturated carbocycles. The number of hydrogen-bond donors (Lipinski definition) is 3. The Hall–Kier alpha value is -2.39. The summed E-state index contributed by atoms with van der Waals surface area (Å²) in [6.07, 6.45) is 0. The zero-order valence-corrected chi connectivity index (χ0v) is 6.17. The number of carbonyl (C=O) groups excluding carboxylic acids is 1. The van der Waals surface area contributed by atoms with Crippen molar-refractivity contribution in [1.82, 2.24) is 0 Å². The van der Waals surface area contributed by atoms with Crippen LogP contribution in [0.15, 0.2) is 15.2 Å². The van der Waals surface area contributed by atoms with Crippen molar-refractivity contribution in [2.24, 2.45) is 26.7 Å². The Morgan fingerprint density at radius 1 is 1.46 bits per heavy atom. The summed E-state index contributed by atoms with van der Waals surface area (Å²) < 4.78 is 0. The summed E-state index contributed by atoms with van der Waals surface area (Å²) in [4.78, 5) is 21.7. The summed E-state index contributed by atoms with van der Waals surface area (Å²) in [5.74, 6) is -1.08. The molecule has 0 fully saturated rings. The van der Waals surface area contributed by atoms with Crippen LogP contribution in [0.5, 0.6) is 0 Å². The molecule has 0 aliphatic carbocycles. The molecule has 0 spiro atoms. The van der Waals surface area contributed by atoms with Crippen molar-refractivity contribution in [2.45, 2.75) is 0 Å². The highest BCUT2D eigenvalue weighted by atomic mass is 16.6. The van der Waals surface area contributed by atoms with E-state index >= 15 is 0 Å². The minimum atomic E-state index is -0.929. The molecule has 1 aliphatic rings. The predicted molar refractivity (Wildman–Crippen MR) is 40.8 cm³/mol. The third-order valence-corrected chi connectivity index (χ3v) is 0.584. The van der Waals surface area contributed by atoms with Gasteiger partial charge in [0.25, 0.3) is 0 Å². The van der Waals surface area contributed by atoms with Crippen molar-refractivity contribution in [3.05, 3.63) is 10.1 Å².